The van der Waals surface area contributed by atoms with Crippen molar-refractivity contribution in [2.75, 3.05) is 13.1 Å². The molecule has 1 aromatic rings. The van der Waals surface area contributed by atoms with Crippen molar-refractivity contribution in [1.82, 2.24) is 5.32 Å². The van der Waals surface area contributed by atoms with Crippen molar-refractivity contribution < 1.29 is 9.13 Å². The minimum absolute atomic E-state index is 0.0296. The Balaban J connectivity index is 2.51. The molecule has 0 amide bonds. The minimum atomic E-state index is -0.301. The SMILES string of the molecule is C=CCNCC(C)Oc1cc(F)ccc1Br. The Morgan fingerprint density at radius 2 is 2.38 bits per heavy atom. The second-order valence-corrected chi connectivity index (χ2v) is 4.30. The van der Waals surface area contributed by atoms with Crippen molar-refractivity contribution in [3.05, 3.63) is 41.1 Å². The highest BCUT2D eigenvalue weighted by molar-refractivity contribution is 9.10. The second-order valence-electron chi connectivity index (χ2n) is 3.45. The molecule has 1 atom stereocenters. The van der Waals surface area contributed by atoms with Crippen molar-refractivity contribution in [2.24, 2.45) is 0 Å². The van der Waals surface area contributed by atoms with Crippen LogP contribution in [-0.2, 0) is 0 Å². The Kier molecular flexibility index (Phi) is 5.49. The molecule has 0 saturated heterocycles. The van der Waals surface area contributed by atoms with E-state index in [2.05, 4.69) is 27.8 Å². The summed E-state index contributed by atoms with van der Waals surface area (Å²) >= 11 is 3.31. The summed E-state index contributed by atoms with van der Waals surface area (Å²) in [6.07, 6.45) is 1.75. The third-order valence-corrected chi connectivity index (χ3v) is 2.60. The zero-order valence-electron chi connectivity index (χ0n) is 9.17. The quantitative estimate of drug-likeness (QED) is 0.641. The number of benzene rings is 1. The van der Waals surface area contributed by atoms with Gasteiger partial charge in [-0.1, -0.05) is 6.08 Å². The van der Waals surface area contributed by atoms with E-state index in [0.717, 1.165) is 11.0 Å². The largest absolute Gasteiger partial charge is 0.488 e. The Bertz CT molecular complexity index is 357. The first-order valence-electron chi connectivity index (χ1n) is 5.07. The van der Waals surface area contributed by atoms with E-state index >= 15 is 0 Å². The van der Waals surface area contributed by atoms with Gasteiger partial charge in [-0.15, -0.1) is 6.58 Å². The molecule has 0 aliphatic carbocycles. The highest BCUT2D eigenvalue weighted by Gasteiger charge is 2.07. The summed E-state index contributed by atoms with van der Waals surface area (Å²) in [5, 5.41) is 3.14. The van der Waals surface area contributed by atoms with Crippen LogP contribution in [0.3, 0.4) is 0 Å². The fourth-order valence-corrected chi connectivity index (χ4v) is 1.55. The summed E-state index contributed by atoms with van der Waals surface area (Å²) in [6.45, 7) is 6.95. The van der Waals surface area contributed by atoms with E-state index in [1.807, 2.05) is 6.92 Å². The van der Waals surface area contributed by atoms with Crippen LogP contribution in [0.1, 0.15) is 6.92 Å². The number of rotatable bonds is 6. The van der Waals surface area contributed by atoms with Gasteiger partial charge >= 0.3 is 0 Å². The Labute approximate surface area is 104 Å². The molecule has 1 aromatic carbocycles. The minimum Gasteiger partial charge on any atom is -0.488 e. The van der Waals surface area contributed by atoms with Gasteiger partial charge in [0.1, 0.15) is 17.7 Å². The summed E-state index contributed by atoms with van der Waals surface area (Å²) < 4.78 is 19.3. The predicted octanol–water partition coefficient (Wildman–Crippen LogP) is 3.13. The normalized spacial score (nSPS) is 12.2. The molecule has 88 valence electrons. The van der Waals surface area contributed by atoms with Crippen molar-refractivity contribution in [2.45, 2.75) is 13.0 Å². The molecule has 0 heterocycles. The molecule has 2 nitrogen and oxygen atoms in total. The zero-order chi connectivity index (χ0) is 12.0. The fourth-order valence-electron chi connectivity index (χ4n) is 1.21. The standard InChI is InChI=1S/C12H15BrFNO/c1-3-6-15-8-9(2)16-12-7-10(14)4-5-11(12)13/h3-5,7,9,15H,1,6,8H2,2H3. The molecule has 0 saturated carbocycles. The molecule has 0 bridgehead atoms. The van der Waals surface area contributed by atoms with Crippen molar-refractivity contribution in [3.63, 3.8) is 0 Å². The molecule has 4 heteroatoms. The van der Waals surface area contributed by atoms with E-state index in [-0.39, 0.29) is 11.9 Å². The molecule has 0 spiro atoms. The summed E-state index contributed by atoms with van der Waals surface area (Å²) in [4.78, 5) is 0. The van der Waals surface area contributed by atoms with Crippen molar-refractivity contribution >= 4 is 15.9 Å². The van der Waals surface area contributed by atoms with Crippen molar-refractivity contribution in [3.8, 4) is 5.75 Å². The number of hydrogen-bond donors (Lipinski definition) is 1. The Morgan fingerprint density at radius 1 is 1.62 bits per heavy atom. The maximum Gasteiger partial charge on any atom is 0.136 e. The lowest BCUT2D eigenvalue weighted by atomic mass is 10.3. The van der Waals surface area contributed by atoms with Crippen LogP contribution in [0.2, 0.25) is 0 Å². The molecule has 1 N–H and O–H groups in total. The van der Waals surface area contributed by atoms with Crippen LogP contribution in [0.4, 0.5) is 4.39 Å². The lowest BCUT2D eigenvalue weighted by Gasteiger charge is -2.16. The zero-order valence-corrected chi connectivity index (χ0v) is 10.8. The van der Waals surface area contributed by atoms with Crippen LogP contribution in [0, 0.1) is 5.82 Å². The average Bonchev–Trinajstić information content (AvgIpc) is 2.24. The van der Waals surface area contributed by atoms with Crippen LogP contribution >= 0.6 is 15.9 Å². The van der Waals surface area contributed by atoms with Gasteiger partial charge < -0.3 is 10.1 Å². The number of halogens is 2. The van der Waals surface area contributed by atoms with E-state index in [9.17, 15) is 4.39 Å². The van der Waals surface area contributed by atoms with Crippen molar-refractivity contribution in [1.29, 1.82) is 0 Å². The smallest absolute Gasteiger partial charge is 0.136 e. The molecule has 16 heavy (non-hydrogen) atoms. The highest BCUT2D eigenvalue weighted by Crippen LogP contribution is 2.26. The molecular weight excluding hydrogens is 273 g/mol. The molecule has 0 fully saturated rings. The topological polar surface area (TPSA) is 21.3 Å². The van der Waals surface area contributed by atoms with Gasteiger partial charge in [-0.25, -0.2) is 4.39 Å². The van der Waals surface area contributed by atoms with Gasteiger partial charge in [0.2, 0.25) is 0 Å². The lowest BCUT2D eigenvalue weighted by Crippen LogP contribution is -2.29. The lowest BCUT2D eigenvalue weighted by molar-refractivity contribution is 0.217. The van der Waals surface area contributed by atoms with Gasteiger partial charge in [0.25, 0.3) is 0 Å². The number of ether oxygens (including phenoxy) is 1. The van der Waals surface area contributed by atoms with E-state index in [1.54, 1.807) is 12.1 Å². The van der Waals surface area contributed by atoms with Gasteiger partial charge in [0, 0.05) is 19.2 Å². The van der Waals surface area contributed by atoms with Crippen LogP contribution in [-0.4, -0.2) is 19.2 Å². The Morgan fingerprint density at radius 3 is 3.06 bits per heavy atom. The van der Waals surface area contributed by atoms with E-state index in [4.69, 9.17) is 4.74 Å². The third kappa shape index (κ3) is 4.33. The maximum atomic E-state index is 13.0. The first kappa shape index (κ1) is 13.2. The summed E-state index contributed by atoms with van der Waals surface area (Å²) in [5.74, 6) is 0.220. The maximum absolute atomic E-state index is 13.0. The highest BCUT2D eigenvalue weighted by atomic mass is 79.9. The number of nitrogens with one attached hydrogen (secondary N) is 1. The van der Waals surface area contributed by atoms with Crippen LogP contribution in [0.25, 0.3) is 0 Å². The summed E-state index contributed by atoms with van der Waals surface area (Å²) in [5.41, 5.74) is 0. The van der Waals surface area contributed by atoms with Crippen LogP contribution in [0.5, 0.6) is 5.75 Å². The molecule has 0 radical (unpaired) electrons. The molecule has 0 aromatic heterocycles. The molecule has 0 aliphatic rings. The molecule has 0 aliphatic heterocycles. The second kappa shape index (κ2) is 6.66. The van der Waals surface area contributed by atoms with Crippen LogP contribution < -0.4 is 10.1 Å². The van der Waals surface area contributed by atoms with E-state index in [0.29, 0.717) is 12.3 Å². The predicted molar refractivity (Wildman–Crippen MR) is 67.3 cm³/mol. The van der Waals surface area contributed by atoms with Gasteiger partial charge in [-0.2, -0.15) is 0 Å². The average molecular weight is 288 g/mol. The number of hydrogen-bond acceptors (Lipinski definition) is 2. The van der Waals surface area contributed by atoms with Gasteiger partial charge in [-0.3, -0.25) is 0 Å². The molecule has 1 unspecified atom stereocenters. The van der Waals surface area contributed by atoms with Crippen LogP contribution in [0.15, 0.2) is 35.3 Å². The van der Waals surface area contributed by atoms with Gasteiger partial charge in [-0.05, 0) is 35.0 Å². The van der Waals surface area contributed by atoms with Gasteiger partial charge in [0.15, 0.2) is 0 Å². The third-order valence-electron chi connectivity index (χ3n) is 1.94. The first-order valence-corrected chi connectivity index (χ1v) is 5.86. The van der Waals surface area contributed by atoms with E-state index in [1.165, 1.54) is 12.1 Å². The Hall–Kier alpha value is -0.870. The summed E-state index contributed by atoms with van der Waals surface area (Å²) in [7, 11) is 0. The van der Waals surface area contributed by atoms with E-state index < -0.39 is 0 Å². The summed E-state index contributed by atoms with van der Waals surface area (Å²) in [6, 6.07) is 4.39. The monoisotopic (exact) mass is 287 g/mol. The first-order chi connectivity index (χ1) is 7.63. The molecule has 1 rings (SSSR count). The van der Waals surface area contributed by atoms with Gasteiger partial charge in [0.05, 0.1) is 4.47 Å². The molecular formula is C12H15BrFNO. The fraction of sp³-hybridized carbons (Fsp3) is 0.333.